The fourth-order valence-corrected chi connectivity index (χ4v) is 3.59. The van der Waals surface area contributed by atoms with Gasteiger partial charge >= 0.3 is 0 Å². The quantitative estimate of drug-likeness (QED) is 0.456. The van der Waals surface area contributed by atoms with E-state index in [0.29, 0.717) is 35.9 Å². The van der Waals surface area contributed by atoms with Gasteiger partial charge in [0.15, 0.2) is 11.5 Å². The largest absolute Gasteiger partial charge is 0.454 e. The Hall–Kier alpha value is -3.58. The molecule has 146 valence electrons. The average Bonchev–Trinajstić information content (AvgIpc) is 3.37. The lowest BCUT2D eigenvalue weighted by molar-refractivity contribution is 0.0946. The topological polar surface area (TPSA) is 96.5 Å². The lowest BCUT2D eigenvalue weighted by atomic mass is 10.1. The second-order valence-electron chi connectivity index (χ2n) is 6.85. The number of rotatable bonds is 5. The Balaban J connectivity index is 1.69. The Bertz CT molecular complexity index is 1230. The number of aromatic amines is 1. The molecule has 3 N–H and O–H groups in total. The molecule has 2 aromatic carbocycles. The maximum absolute atomic E-state index is 12.7. The molecule has 7 nitrogen and oxygen atoms in total. The lowest BCUT2D eigenvalue weighted by Gasteiger charge is -2.09. The van der Waals surface area contributed by atoms with Crippen LogP contribution in [0.2, 0.25) is 0 Å². The van der Waals surface area contributed by atoms with Crippen LogP contribution in [0.15, 0.2) is 48.5 Å². The van der Waals surface area contributed by atoms with Crippen LogP contribution in [0.5, 0.6) is 11.5 Å². The summed E-state index contributed by atoms with van der Waals surface area (Å²) < 4.78 is 10.9. The highest BCUT2D eigenvalue weighted by Gasteiger charge is 2.19. The summed E-state index contributed by atoms with van der Waals surface area (Å²) in [4.78, 5) is 20.8. The highest BCUT2D eigenvalue weighted by molar-refractivity contribution is 6.13. The summed E-state index contributed by atoms with van der Waals surface area (Å²) in [5.41, 5.74) is 3.66. The number of fused-ring (bicyclic) bond motifs is 4. The van der Waals surface area contributed by atoms with Gasteiger partial charge < -0.3 is 24.9 Å². The summed E-state index contributed by atoms with van der Waals surface area (Å²) in [6.07, 6.45) is 0.496. The van der Waals surface area contributed by atoms with Gasteiger partial charge in [0.2, 0.25) is 6.79 Å². The van der Waals surface area contributed by atoms with Crippen molar-refractivity contribution in [3.63, 3.8) is 0 Å². The fourth-order valence-electron chi connectivity index (χ4n) is 3.59. The van der Waals surface area contributed by atoms with E-state index in [1.54, 1.807) is 6.07 Å². The minimum atomic E-state index is -0.271. The van der Waals surface area contributed by atoms with E-state index in [0.717, 1.165) is 27.4 Å². The van der Waals surface area contributed by atoms with Gasteiger partial charge in [-0.1, -0.05) is 18.2 Å². The van der Waals surface area contributed by atoms with E-state index >= 15 is 0 Å². The van der Waals surface area contributed by atoms with Crippen molar-refractivity contribution in [3.05, 3.63) is 54.2 Å². The molecular weight excluding hydrogens is 370 g/mol. The molecule has 0 bridgehead atoms. The third-order valence-corrected chi connectivity index (χ3v) is 5.00. The molecule has 1 aliphatic heterocycles. The molecule has 3 heterocycles. The summed E-state index contributed by atoms with van der Waals surface area (Å²) in [5, 5.41) is 13.7. The molecule has 29 heavy (non-hydrogen) atoms. The van der Waals surface area contributed by atoms with Gasteiger partial charge in [-0.3, -0.25) is 4.79 Å². The van der Waals surface area contributed by atoms with Gasteiger partial charge in [0.25, 0.3) is 5.91 Å². The van der Waals surface area contributed by atoms with E-state index in [1.807, 2.05) is 42.5 Å². The first-order valence-electron chi connectivity index (χ1n) is 9.45. The first-order chi connectivity index (χ1) is 14.2. The van der Waals surface area contributed by atoms with E-state index < -0.39 is 0 Å². The number of para-hydroxylation sites is 1. The van der Waals surface area contributed by atoms with Crippen molar-refractivity contribution in [1.82, 2.24) is 15.3 Å². The molecule has 1 aliphatic rings. The number of aliphatic hydroxyl groups is 1. The molecule has 0 spiro atoms. The van der Waals surface area contributed by atoms with E-state index in [9.17, 15) is 4.79 Å². The third-order valence-electron chi connectivity index (χ3n) is 5.00. The molecule has 0 unspecified atom stereocenters. The van der Waals surface area contributed by atoms with Crippen LogP contribution in [-0.4, -0.2) is 40.9 Å². The van der Waals surface area contributed by atoms with Gasteiger partial charge in [0.1, 0.15) is 5.69 Å². The van der Waals surface area contributed by atoms with Gasteiger partial charge in [-0.15, -0.1) is 0 Å². The van der Waals surface area contributed by atoms with Crippen molar-refractivity contribution < 1.29 is 19.4 Å². The number of hydrogen-bond acceptors (Lipinski definition) is 5. The number of benzene rings is 2. The zero-order valence-corrected chi connectivity index (χ0v) is 15.6. The van der Waals surface area contributed by atoms with Crippen LogP contribution in [-0.2, 0) is 0 Å². The number of H-pyrrole nitrogens is 1. The monoisotopic (exact) mass is 389 g/mol. The van der Waals surface area contributed by atoms with Crippen LogP contribution >= 0.6 is 0 Å². The summed E-state index contributed by atoms with van der Waals surface area (Å²) in [5.74, 6) is 1.08. The number of amides is 1. The summed E-state index contributed by atoms with van der Waals surface area (Å²) in [6, 6.07) is 15.4. The molecule has 0 aliphatic carbocycles. The molecule has 0 saturated heterocycles. The normalized spacial score (nSPS) is 12.6. The van der Waals surface area contributed by atoms with Gasteiger partial charge in [-0.25, -0.2) is 4.98 Å². The molecule has 2 aromatic heterocycles. The van der Waals surface area contributed by atoms with Crippen molar-refractivity contribution in [3.8, 4) is 22.8 Å². The minimum absolute atomic E-state index is 0.0254. The molecule has 5 rings (SSSR count). The molecule has 1 amide bonds. The van der Waals surface area contributed by atoms with Gasteiger partial charge in [-0.2, -0.15) is 0 Å². The molecule has 0 saturated carbocycles. The highest BCUT2D eigenvalue weighted by atomic mass is 16.7. The minimum Gasteiger partial charge on any atom is -0.454 e. The fraction of sp³-hybridized carbons (Fsp3) is 0.182. The van der Waals surface area contributed by atoms with Crippen LogP contribution in [0.1, 0.15) is 16.9 Å². The first-order valence-corrected chi connectivity index (χ1v) is 9.45. The molecule has 4 aromatic rings. The Kier molecular flexibility index (Phi) is 4.29. The molecule has 0 atom stereocenters. The maximum Gasteiger partial charge on any atom is 0.269 e. The van der Waals surface area contributed by atoms with Crippen molar-refractivity contribution in [1.29, 1.82) is 0 Å². The third kappa shape index (κ3) is 3.05. The van der Waals surface area contributed by atoms with Crippen LogP contribution in [0.4, 0.5) is 0 Å². The van der Waals surface area contributed by atoms with E-state index in [4.69, 9.17) is 14.6 Å². The standard InChI is InChI=1S/C22H19N3O4/c26-9-3-8-23-22(27)17-11-15-14-4-1-2-5-16(14)24-21(15)20(25-17)13-6-7-18-19(10-13)29-12-28-18/h1-2,4-7,10-11,24,26H,3,8-9,12H2,(H,23,27). The van der Waals surface area contributed by atoms with Crippen LogP contribution in [0.25, 0.3) is 33.1 Å². The number of nitrogens with zero attached hydrogens (tertiary/aromatic N) is 1. The van der Waals surface area contributed by atoms with Gasteiger partial charge in [0, 0.05) is 35.0 Å². The number of hydrogen-bond donors (Lipinski definition) is 3. The number of aliphatic hydroxyl groups excluding tert-OH is 1. The van der Waals surface area contributed by atoms with Crippen LogP contribution < -0.4 is 14.8 Å². The number of ether oxygens (including phenoxy) is 2. The number of pyridine rings is 1. The van der Waals surface area contributed by atoms with Gasteiger partial charge in [0.05, 0.1) is 11.2 Å². The summed E-state index contributed by atoms with van der Waals surface area (Å²) >= 11 is 0. The Labute approximate surface area is 166 Å². The Morgan fingerprint density at radius 1 is 1.10 bits per heavy atom. The van der Waals surface area contributed by atoms with Crippen LogP contribution in [0, 0.1) is 0 Å². The number of carbonyl (C=O) groups is 1. The molecule has 0 radical (unpaired) electrons. The Morgan fingerprint density at radius 3 is 2.86 bits per heavy atom. The zero-order valence-electron chi connectivity index (χ0n) is 15.6. The van der Waals surface area contributed by atoms with Crippen molar-refractivity contribution in [2.75, 3.05) is 19.9 Å². The summed E-state index contributed by atoms with van der Waals surface area (Å²) in [6.45, 7) is 0.612. The highest BCUT2D eigenvalue weighted by Crippen LogP contribution is 2.38. The van der Waals surface area contributed by atoms with Crippen molar-refractivity contribution in [2.45, 2.75) is 6.42 Å². The lowest BCUT2D eigenvalue weighted by Crippen LogP contribution is -2.26. The maximum atomic E-state index is 12.7. The van der Waals surface area contributed by atoms with E-state index in [-0.39, 0.29) is 19.3 Å². The molecular formula is C22H19N3O4. The van der Waals surface area contributed by atoms with Crippen molar-refractivity contribution >= 4 is 27.7 Å². The average molecular weight is 389 g/mol. The molecule has 7 heteroatoms. The zero-order chi connectivity index (χ0) is 19.8. The predicted molar refractivity (Wildman–Crippen MR) is 109 cm³/mol. The second-order valence-corrected chi connectivity index (χ2v) is 6.85. The first kappa shape index (κ1) is 17.5. The smallest absolute Gasteiger partial charge is 0.269 e. The van der Waals surface area contributed by atoms with E-state index in [2.05, 4.69) is 15.3 Å². The predicted octanol–water partition coefficient (Wildman–Crippen LogP) is 3.22. The Morgan fingerprint density at radius 2 is 1.97 bits per heavy atom. The summed E-state index contributed by atoms with van der Waals surface area (Å²) in [7, 11) is 0. The van der Waals surface area contributed by atoms with E-state index in [1.165, 1.54) is 0 Å². The van der Waals surface area contributed by atoms with Gasteiger partial charge in [-0.05, 0) is 36.8 Å². The van der Waals surface area contributed by atoms with Crippen LogP contribution in [0.3, 0.4) is 0 Å². The molecule has 0 fully saturated rings. The number of aromatic nitrogens is 2. The second kappa shape index (κ2) is 7.10. The van der Waals surface area contributed by atoms with Crippen molar-refractivity contribution in [2.24, 2.45) is 0 Å². The SMILES string of the molecule is O=C(NCCCO)c1cc2c([nH]c3ccccc32)c(-c2ccc3c(c2)OCO3)n1. The number of nitrogens with one attached hydrogen (secondary N) is 2. The number of carbonyl (C=O) groups excluding carboxylic acids is 1.